The van der Waals surface area contributed by atoms with Crippen LogP contribution < -0.4 is 0 Å². The molecule has 2 aromatic rings. The molecule has 0 amide bonds. The predicted molar refractivity (Wildman–Crippen MR) is 51.1 cm³/mol. The SMILES string of the molecule is Oc1cc(F)c2sc(Br)cc2c1. The molecule has 4 heteroatoms. The van der Waals surface area contributed by atoms with Gasteiger partial charge < -0.3 is 5.11 Å². The van der Waals surface area contributed by atoms with Crippen LogP contribution in [0, 0.1) is 5.82 Å². The molecule has 0 spiro atoms. The number of phenols is 1. The third-order valence-corrected chi connectivity index (χ3v) is 3.19. The lowest BCUT2D eigenvalue weighted by Gasteiger charge is -1.93. The van der Waals surface area contributed by atoms with Crippen molar-refractivity contribution in [1.82, 2.24) is 0 Å². The normalized spacial score (nSPS) is 10.8. The Kier molecular flexibility index (Phi) is 1.81. The molecule has 0 aliphatic heterocycles. The predicted octanol–water partition coefficient (Wildman–Crippen LogP) is 3.51. The quantitative estimate of drug-likeness (QED) is 0.755. The first-order valence-electron chi connectivity index (χ1n) is 3.24. The van der Waals surface area contributed by atoms with E-state index in [4.69, 9.17) is 5.11 Å². The number of hydrogen-bond acceptors (Lipinski definition) is 2. The van der Waals surface area contributed by atoms with Gasteiger partial charge in [0.2, 0.25) is 0 Å². The first-order chi connectivity index (χ1) is 5.66. The van der Waals surface area contributed by atoms with Crippen molar-refractivity contribution in [3.05, 3.63) is 27.8 Å². The Labute approximate surface area is 80.6 Å². The summed E-state index contributed by atoms with van der Waals surface area (Å²) in [6.07, 6.45) is 0. The van der Waals surface area contributed by atoms with Gasteiger partial charge in [-0.1, -0.05) is 0 Å². The summed E-state index contributed by atoms with van der Waals surface area (Å²) in [5.74, 6) is -0.411. The number of hydrogen-bond donors (Lipinski definition) is 1. The van der Waals surface area contributed by atoms with Crippen molar-refractivity contribution < 1.29 is 9.50 Å². The zero-order chi connectivity index (χ0) is 8.72. The molecule has 1 aromatic heterocycles. The number of fused-ring (bicyclic) bond motifs is 1. The van der Waals surface area contributed by atoms with Crippen LogP contribution in [0.5, 0.6) is 5.75 Å². The molecule has 0 atom stereocenters. The average molecular weight is 247 g/mol. The van der Waals surface area contributed by atoms with E-state index in [2.05, 4.69) is 15.9 Å². The Hall–Kier alpha value is -0.610. The van der Waals surface area contributed by atoms with E-state index in [1.165, 1.54) is 11.3 Å². The first kappa shape index (κ1) is 8.01. The van der Waals surface area contributed by atoms with E-state index in [0.717, 1.165) is 15.2 Å². The largest absolute Gasteiger partial charge is 0.508 e. The third-order valence-electron chi connectivity index (χ3n) is 1.53. The van der Waals surface area contributed by atoms with Crippen LogP contribution >= 0.6 is 27.3 Å². The molecule has 0 bridgehead atoms. The molecule has 12 heavy (non-hydrogen) atoms. The number of rotatable bonds is 0. The zero-order valence-electron chi connectivity index (χ0n) is 5.84. The van der Waals surface area contributed by atoms with E-state index in [9.17, 15) is 4.39 Å². The van der Waals surface area contributed by atoms with Crippen molar-refractivity contribution in [2.45, 2.75) is 0 Å². The van der Waals surface area contributed by atoms with Crippen LogP contribution in [0.25, 0.3) is 10.1 Å². The lowest BCUT2D eigenvalue weighted by molar-refractivity contribution is 0.471. The highest BCUT2D eigenvalue weighted by Gasteiger charge is 2.06. The summed E-state index contributed by atoms with van der Waals surface area (Å²) >= 11 is 4.57. The topological polar surface area (TPSA) is 20.2 Å². The minimum atomic E-state index is -0.374. The van der Waals surface area contributed by atoms with E-state index in [0.29, 0.717) is 4.70 Å². The second-order valence-electron chi connectivity index (χ2n) is 2.40. The minimum Gasteiger partial charge on any atom is -0.508 e. The molecule has 2 rings (SSSR count). The van der Waals surface area contributed by atoms with Gasteiger partial charge >= 0.3 is 0 Å². The lowest BCUT2D eigenvalue weighted by Crippen LogP contribution is -1.72. The molecule has 1 nitrogen and oxygen atoms in total. The Morgan fingerprint density at radius 3 is 2.83 bits per heavy atom. The maximum Gasteiger partial charge on any atom is 0.144 e. The van der Waals surface area contributed by atoms with E-state index in [1.807, 2.05) is 0 Å². The fourth-order valence-corrected chi connectivity index (χ4v) is 2.57. The van der Waals surface area contributed by atoms with Gasteiger partial charge in [-0.3, -0.25) is 0 Å². The highest BCUT2D eigenvalue weighted by atomic mass is 79.9. The van der Waals surface area contributed by atoms with Crippen molar-refractivity contribution in [3.8, 4) is 5.75 Å². The molecule has 0 saturated carbocycles. The van der Waals surface area contributed by atoms with Crippen molar-refractivity contribution in [2.75, 3.05) is 0 Å². The van der Waals surface area contributed by atoms with Gasteiger partial charge in [-0.25, -0.2) is 4.39 Å². The fraction of sp³-hybridized carbons (Fsp3) is 0. The molecule has 62 valence electrons. The number of phenolic OH excluding ortho intramolecular Hbond substituents is 1. The maximum absolute atomic E-state index is 13.1. The minimum absolute atomic E-state index is 0.0368. The van der Waals surface area contributed by atoms with Gasteiger partial charge in [-0.15, -0.1) is 11.3 Å². The van der Waals surface area contributed by atoms with Gasteiger partial charge in [0.05, 0.1) is 8.49 Å². The summed E-state index contributed by atoms with van der Waals surface area (Å²) in [6.45, 7) is 0. The van der Waals surface area contributed by atoms with E-state index < -0.39 is 0 Å². The summed E-state index contributed by atoms with van der Waals surface area (Å²) in [5, 5.41) is 9.80. The summed E-state index contributed by atoms with van der Waals surface area (Å²) in [7, 11) is 0. The van der Waals surface area contributed by atoms with Gasteiger partial charge in [0.1, 0.15) is 11.6 Å². The Morgan fingerprint density at radius 1 is 1.33 bits per heavy atom. The standard InChI is InChI=1S/C8H4BrFOS/c9-7-2-4-1-5(11)3-6(10)8(4)12-7/h1-3,11H. The molecular weight excluding hydrogens is 243 g/mol. The fourth-order valence-electron chi connectivity index (χ4n) is 1.06. The number of thiophene rings is 1. The van der Waals surface area contributed by atoms with Crippen molar-refractivity contribution in [2.24, 2.45) is 0 Å². The molecule has 1 heterocycles. The van der Waals surface area contributed by atoms with Crippen LogP contribution in [-0.4, -0.2) is 5.11 Å². The summed E-state index contributed by atoms with van der Waals surface area (Å²) in [5.41, 5.74) is 0. The van der Waals surface area contributed by atoms with E-state index in [-0.39, 0.29) is 11.6 Å². The molecule has 0 unspecified atom stereocenters. The molecule has 0 fully saturated rings. The number of aromatic hydroxyl groups is 1. The third kappa shape index (κ3) is 1.21. The van der Waals surface area contributed by atoms with Gasteiger partial charge in [-0.05, 0) is 28.1 Å². The van der Waals surface area contributed by atoms with Crippen molar-refractivity contribution in [1.29, 1.82) is 0 Å². The Bertz CT molecular complexity index is 438. The van der Waals surface area contributed by atoms with Crippen LogP contribution in [0.3, 0.4) is 0 Å². The zero-order valence-corrected chi connectivity index (χ0v) is 8.25. The smallest absolute Gasteiger partial charge is 0.144 e. The van der Waals surface area contributed by atoms with Crippen LogP contribution in [0.1, 0.15) is 0 Å². The second kappa shape index (κ2) is 2.71. The summed E-state index contributed by atoms with van der Waals surface area (Å²) in [4.78, 5) is 0. The van der Waals surface area contributed by atoms with Crippen molar-refractivity contribution >= 4 is 37.4 Å². The Morgan fingerprint density at radius 2 is 2.08 bits per heavy atom. The maximum atomic E-state index is 13.1. The highest BCUT2D eigenvalue weighted by molar-refractivity contribution is 9.11. The van der Waals surface area contributed by atoms with Gasteiger partial charge in [-0.2, -0.15) is 0 Å². The molecule has 1 aromatic carbocycles. The van der Waals surface area contributed by atoms with Gasteiger partial charge in [0, 0.05) is 11.5 Å². The summed E-state index contributed by atoms with van der Waals surface area (Å²) < 4.78 is 14.5. The molecule has 0 aliphatic carbocycles. The molecule has 0 saturated heterocycles. The number of halogens is 2. The Balaban J connectivity index is 2.88. The van der Waals surface area contributed by atoms with Crippen LogP contribution in [-0.2, 0) is 0 Å². The second-order valence-corrected chi connectivity index (χ2v) is 4.83. The summed E-state index contributed by atoms with van der Waals surface area (Å²) in [6, 6.07) is 4.44. The molecule has 1 N–H and O–H groups in total. The molecule has 0 radical (unpaired) electrons. The van der Waals surface area contributed by atoms with Crippen molar-refractivity contribution in [3.63, 3.8) is 0 Å². The average Bonchev–Trinajstić information content (AvgIpc) is 2.29. The monoisotopic (exact) mass is 246 g/mol. The first-order valence-corrected chi connectivity index (χ1v) is 4.85. The lowest BCUT2D eigenvalue weighted by atomic mass is 10.2. The van der Waals surface area contributed by atoms with Gasteiger partial charge in [0.15, 0.2) is 0 Å². The molecular formula is C8H4BrFOS. The van der Waals surface area contributed by atoms with Crippen LogP contribution in [0.2, 0.25) is 0 Å². The van der Waals surface area contributed by atoms with Crippen LogP contribution in [0.4, 0.5) is 4.39 Å². The molecule has 0 aliphatic rings. The van der Waals surface area contributed by atoms with E-state index >= 15 is 0 Å². The van der Waals surface area contributed by atoms with E-state index in [1.54, 1.807) is 12.1 Å². The number of benzene rings is 1. The van der Waals surface area contributed by atoms with Gasteiger partial charge in [0.25, 0.3) is 0 Å². The van der Waals surface area contributed by atoms with Crippen LogP contribution in [0.15, 0.2) is 22.0 Å². The highest BCUT2D eigenvalue weighted by Crippen LogP contribution is 2.33.